The van der Waals surface area contributed by atoms with E-state index in [1.54, 1.807) is 0 Å². The Morgan fingerprint density at radius 2 is 2.24 bits per heavy atom. The van der Waals surface area contributed by atoms with Gasteiger partial charge in [-0.3, -0.25) is 9.69 Å². The average Bonchev–Trinajstić information content (AvgIpc) is 2.96. The third-order valence-corrected chi connectivity index (χ3v) is 7.15. The van der Waals surface area contributed by atoms with Gasteiger partial charge in [-0.15, -0.1) is 11.3 Å². The molecule has 3 rings (SSSR count). The monoisotopic (exact) mass is 324 g/mol. The van der Waals surface area contributed by atoms with Gasteiger partial charge >= 0.3 is 0 Å². The van der Waals surface area contributed by atoms with Crippen LogP contribution in [-0.2, 0) is 17.8 Å². The number of amides is 1. The minimum absolute atomic E-state index is 0.324. The molecule has 0 saturated carbocycles. The molecule has 1 amide bonds. The van der Waals surface area contributed by atoms with E-state index in [4.69, 9.17) is 0 Å². The molecule has 2 atom stereocenters. The molecule has 5 heteroatoms. The predicted octanol–water partition coefficient (Wildman–Crippen LogP) is 2.85. The average molecular weight is 325 g/mol. The van der Waals surface area contributed by atoms with Gasteiger partial charge in [0.25, 0.3) is 0 Å². The first-order valence-corrected chi connectivity index (χ1v) is 9.76. The zero-order chi connectivity index (χ0) is 14.8. The van der Waals surface area contributed by atoms with E-state index >= 15 is 0 Å². The Morgan fingerprint density at radius 1 is 1.38 bits per heavy atom. The minimum Gasteiger partial charge on any atom is -0.338 e. The van der Waals surface area contributed by atoms with Gasteiger partial charge in [-0.2, -0.15) is 11.8 Å². The topological polar surface area (TPSA) is 23.6 Å². The van der Waals surface area contributed by atoms with Crippen LogP contribution in [0, 0.1) is 0 Å². The van der Waals surface area contributed by atoms with E-state index in [1.807, 2.05) is 28.0 Å². The molecular weight excluding hydrogens is 300 g/mol. The molecule has 0 radical (unpaired) electrons. The summed E-state index contributed by atoms with van der Waals surface area (Å²) in [6.07, 6.45) is 1.70. The summed E-state index contributed by atoms with van der Waals surface area (Å²) in [6, 6.07) is 2.76. The molecule has 0 unspecified atom stereocenters. The standard InChI is InChI=1S/C16H24N2OS2/c1-12-13(2)20-10-8-17(12)7-4-16(19)18-6-3-15-14(11-18)5-9-21-15/h5,9,12-13H,3-4,6-8,10-11H2,1-2H3/t12-,13-/m0/s1. The van der Waals surface area contributed by atoms with Crippen LogP contribution in [0.5, 0.6) is 0 Å². The van der Waals surface area contributed by atoms with E-state index in [9.17, 15) is 4.79 Å². The summed E-state index contributed by atoms with van der Waals surface area (Å²) in [6.45, 7) is 8.34. The molecule has 0 aliphatic carbocycles. The second-order valence-electron chi connectivity index (χ2n) is 6.04. The fourth-order valence-electron chi connectivity index (χ4n) is 3.17. The minimum atomic E-state index is 0.324. The molecule has 116 valence electrons. The Hall–Kier alpha value is -0.520. The van der Waals surface area contributed by atoms with E-state index in [2.05, 4.69) is 30.2 Å². The molecule has 2 aliphatic heterocycles. The van der Waals surface area contributed by atoms with E-state index in [-0.39, 0.29) is 0 Å². The highest BCUT2D eigenvalue weighted by atomic mass is 32.2. The molecule has 1 aromatic heterocycles. The highest BCUT2D eigenvalue weighted by Crippen LogP contribution is 2.26. The van der Waals surface area contributed by atoms with Gasteiger partial charge in [-0.25, -0.2) is 0 Å². The Labute approximate surface area is 135 Å². The van der Waals surface area contributed by atoms with E-state index in [0.29, 0.717) is 23.6 Å². The molecule has 0 N–H and O–H groups in total. The molecule has 1 fully saturated rings. The highest BCUT2D eigenvalue weighted by Gasteiger charge is 2.27. The Bertz CT molecular complexity index is 502. The number of carbonyl (C=O) groups is 1. The summed E-state index contributed by atoms with van der Waals surface area (Å²) in [4.78, 5) is 18.5. The van der Waals surface area contributed by atoms with Gasteiger partial charge in [0.2, 0.25) is 5.91 Å². The van der Waals surface area contributed by atoms with Crippen LogP contribution >= 0.6 is 23.1 Å². The lowest BCUT2D eigenvalue weighted by Gasteiger charge is -2.37. The van der Waals surface area contributed by atoms with E-state index < -0.39 is 0 Å². The molecule has 0 spiro atoms. The molecule has 0 aromatic carbocycles. The van der Waals surface area contributed by atoms with Crippen LogP contribution in [0.25, 0.3) is 0 Å². The number of carbonyl (C=O) groups excluding carboxylic acids is 1. The first-order valence-electron chi connectivity index (χ1n) is 7.84. The van der Waals surface area contributed by atoms with Crippen LogP contribution in [0.2, 0.25) is 0 Å². The SMILES string of the molecule is C[C@@H]1SCCN(CCC(=O)N2CCc3sccc3C2)[C@H]1C. The fourth-order valence-corrected chi connectivity index (χ4v) is 5.22. The van der Waals surface area contributed by atoms with Gasteiger partial charge in [0.15, 0.2) is 0 Å². The van der Waals surface area contributed by atoms with Crippen LogP contribution in [0.1, 0.15) is 30.7 Å². The van der Waals surface area contributed by atoms with Crippen LogP contribution in [0.4, 0.5) is 0 Å². The second kappa shape index (κ2) is 6.71. The maximum Gasteiger partial charge on any atom is 0.224 e. The van der Waals surface area contributed by atoms with Gasteiger partial charge in [-0.1, -0.05) is 6.92 Å². The number of nitrogens with zero attached hydrogens (tertiary/aromatic N) is 2. The van der Waals surface area contributed by atoms with E-state index in [0.717, 1.165) is 32.6 Å². The largest absolute Gasteiger partial charge is 0.338 e. The van der Waals surface area contributed by atoms with Gasteiger partial charge in [0.1, 0.15) is 0 Å². The summed E-state index contributed by atoms with van der Waals surface area (Å²) in [5, 5.41) is 2.82. The number of rotatable bonds is 3. The number of fused-ring (bicyclic) bond motifs is 1. The van der Waals surface area contributed by atoms with Crippen molar-refractivity contribution in [1.29, 1.82) is 0 Å². The maximum absolute atomic E-state index is 12.5. The van der Waals surface area contributed by atoms with Crippen LogP contribution in [-0.4, -0.2) is 52.4 Å². The summed E-state index contributed by atoms with van der Waals surface area (Å²) in [5.74, 6) is 1.52. The molecule has 2 aliphatic rings. The fraction of sp³-hybridized carbons (Fsp3) is 0.688. The Balaban J connectivity index is 1.51. The summed E-state index contributed by atoms with van der Waals surface area (Å²) in [5.41, 5.74) is 1.36. The van der Waals surface area contributed by atoms with E-state index in [1.165, 1.54) is 16.2 Å². The maximum atomic E-state index is 12.5. The lowest BCUT2D eigenvalue weighted by atomic mass is 10.1. The molecule has 3 heterocycles. The number of hydrogen-bond acceptors (Lipinski definition) is 4. The molecular formula is C16H24N2OS2. The van der Waals surface area contributed by atoms with Crippen molar-refractivity contribution in [2.45, 2.75) is 44.5 Å². The zero-order valence-electron chi connectivity index (χ0n) is 12.9. The molecule has 1 aromatic rings. The lowest BCUT2D eigenvalue weighted by molar-refractivity contribution is -0.132. The van der Waals surface area contributed by atoms with Crippen molar-refractivity contribution in [2.75, 3.05) is 25.4 Å². The van der Waals surface area contributed by atoms with Crippen LogP contribution < -0.4 is 0 Å². The zero-order valence-corrected chi connectivity index (χ0v) is 14.5. The number of thioether (sulfide) groups is 1. The summed E-state index contributed by atoms with van der Waals surface area (Å²) < 4.78 is 0. The van der Waals surface area contributed by atoms with Gasteiger partial charge in [0, 0.05) is 54.5 Å². The summed E-state index contributed by atoms with van der Waals surface area (Å²) >= 11 is 3.88. The van der Waals surface area contributed by atoms with Crippen LogP contribution in [0.15, 0.2) is 11.4 Å². The highest BCUT2D eigenvalue weighted by molar-refractivity contribution is 8.00. The lowest BCUT2D eigenvalue weighted by Crippen LogP contribution is -2.46. The first kappa shape index (κ1) is 15.4. The molecule has 1 saturated heterocycles. The predicted molar refractivity (Wildman–Crippen MR) is 91.0 cm³/mol. The molecule has 3 nitrogen and oxygen atoms in total. The smallest absolute Gasteiger partial charge is 0.224 e. The Morgan fingerprint density at radius 3 is 3.10 bits per heavy atom. The third kappa shape index (κ3) is 3.46. The van der Waals surface area contributed by atoms with Crippen molar-refractivity contribution in [3.63, 3.8) is 0 Å². The third-order valence-electron chi connectivity index (χ3n) is 4.79. The van der Waals surface area contributed by atoms with Gasteiger partial charge in [-0.05, 0) is 30.4 Å². The van der Waals surface area contributed by atoms with Crippen molar-refractivity contribution in [2.24, 2.45) is 0 Å². The quantitative estimate of drug-likeness (QED) is 0.854. The Kier molecular flexibility index (Phi) is 4.92. The van der Waals surface area contributed by atoms with Gasteiger partial charge < -0.3 is 4.90 Å². The van der Waals surface area contributed by atoms with Crippen molar-refractivity contribution in [3.05, 3.63) is 21.9 Å². The van der Waals surface area contributed by atoms with Crippen molar-refractivity contribution < 1.29 is 4.79 Å². The normalized spacial score (nSPS) is 26.7. The van der Waals surface area contributed by atoms with Crippen molar-refractivity contribution in [3.8, 4) is 0 Å². The first-order chi connectivity index (χ1) is 10.1. The number of thiophene rings is 1. The summed E-state index contributed by atoms with van der Waals surface area (Å²) in [7, 11) is 0. The van der Waals surface area contributed by atoms with Crippen molar-refractivity contribution in [1.82, 2.24) is 9.80 Å². The number of hydrogen-bond donors (Lipinski definition) is 0. The molecule has 0 bridgehead atoms. The van der Waals surface area contributed by atoms with Gasteiger partial charge in [0.05, 0.1) is 0 Å². The van der Waals surface area contributed by atoms with Crippen LogP contribution in [0.3, 0.4) is 0 Å². The van der Waals surface area contributed by atoms with Crippen molar-refractivity contribution >= 4 is 29.0 Å². The molecule has 21 heavy (non-hydrogen) atoms. The second-order valence-corrected chi connectivity index (χ2v) is 8.52.